The first kappa shape index (κ1) is 25.1. The first-order chi connectivity index (χ1) is 15.7. The maximum atomic E-state index is 14.4. The van der Waals surface area contributed by atoms with Gasteiger partial charge in [-0.15, -0.1) is 0 Å². The van der Waals surface area contributed by atoms with Crippen LogP contribution in [0.25, 0.3) is 0 Å². The number of halogens is 5. The van der Waals surface area contributed by atoms with Crippen LogP contribution in [0.2, 0.25) is 0 Å². The van der Waals surface area contributed by atoms with Crippen molar-refractivity contribution in [2.75, 3.05) is 12.4 Å². The smallest absolute Gasteiger partial charge is 0.417 e. The van der Waals surface area contributed by atoms with Gasteiger partial charge in [-0.1, -0.05) is 13.0 Å². The number of hydrogen-bond donors (Lipinski definition) is 3. The molecule has 0 unspecified atom stereocenters. The van der Waals surface area contributed by atoms with Crippen molar-refractivity contribution in [3.63, 3.8) is 0 Å². The van der Waals surface area contributed by atoms with Crippen LogP contribution in [-0.2, 0) is 9.53 Å². The minimum atomic E-state index is -4.92. The van der Waals surface area contributed by atoms with Crippen LogP contribution < -0.4 is 20.5 Å². The summed E-state index contributed by atoms with van der Waals surface area (Å²) >= 11 is 0. The van der Waals surface area contributed by atoms with Crippen molar-refractivity contribution in [3.8, 4) is 5.75 Å². The summed E-state index contributed by atoms with van der Waals surface area (Å²) in [6, 6.07) is 3.90. The standard InChI is InChI=1S/C21H20F5N3O5/c1-9-14(11-4-5-12(22)15(23)16(11)33-3)17(34-20(9,2)21(24,25)26)19(31)28-10-6-7-29(32)13(8-10)18(27)30/h4-9,14,17,32H,1-3H3,(H2,27,30)/p+1/t9-,14+,17+,20+/m0/s1. The van der Waals surface area contributed by atoms with Gasteiger partial charge < -0.3 is 20.5 Å². The molecule has 1 aromatic carbocycles. The van der Waals surface area contributed by atoms with E-state index in [1.54, 1.807) is 0 Å². The summed E-state index contributed by atoms with van der Waals surface area (Å²) in [4.78, 5) is 24.5. The van der Waals surface area contributed by atoms with Gasteiger partial charge in [0.05, 0.1) is 12.8 Å². The van der Waals surface area contributed by atoms with Gasteiger partial charge in [-0.3, -0.25) is 14.8 Å². The monoisotopic (exact) mass is 490 g/mol. The van der Waals surface area contributed by atoms with Crippen LogP contribution in [0, 0.1) is 17.6 Å². The molecule has 8 nitrogen and oxygen atoms in total. The highest BCUT2D eigenvalue weighted by Gasteiger charge is 2.65. The van der Waals surface area contributed by atoms with Gasteiger partial charge in [0.1, 0.15) is 6.10 Å². The zero-order valence-electron chi connectivity index (χ0n) is 18.1. The first-order valence-electron chi connectivity index (χ1n) is 9.85. The lowest BCUT2D eigenvalue weighted by Crippen LogP contribution is -2.47. The number of alkyl halides is 3. The summed E-state index contributed by atoms with van der Waals surface area (Å²) in [6.45, 7) is 1.93. The number of ether oxygens (including phenoxy) is 2. The fourth-order valence-corrected chi connectivity index (χ4v) is 4.01. The van der Waals surface area contributed by atoms with Gasteiger partial charge in [0.25, 0.3) is 5.91 Å². The number of primary amides is 1. The van der Waals surface area contributed by atoms with E-state index in [1.165, 1.54) is 6.92 Å². The van der Waals surface area contributed by atoms with E-state index < -0.39 is 64.6 Å². The van der Waals surface area contributed by atoms with Crippen molar-refractivity contribution >= 4 is 17.5 Å². The van der Waals surface area contributed by atoms with E-state index in [4.69, 9.17) is 15.2 Å². The average molecular weight is 490 g/mol. The second-order valence-electron chi connectivity index (χ2n) is 7.94. The number of nitrogens with one attached hydrogen (secondary N) is 1. The quantitative estimate of drug-likeness (QED) is 0.339. The van der Waals surface area contributed by atoms with Gasteiger partial charge >= 0.3 is 17.8 Å². The van der Waals surface area contributed by atoms with Crippen LogP contribution in [0.15, 0.2) is 30.5 Å². The molecule has 184 valence electrons. The SMILES string of the molecule is COc1c([C@@H]2[C@H](C(=O)Nc3cc[n+](O)c(C(N)=O)c3)O[C@@](C)(C(F)(F)F)[C@H]2C)ccc(F)c1F. The Hall–Kier alpha value is -3.48. The van der Waals surface area contributed by atoms with E-state index in [1.807, 2.05) is 0 Å². The normalized spacial score (nSPS) is 24.6. The van der Waals surface area contributed by atoms with Crippen molar-refractivity contribution < 1.29 is 51.0 Å². The summed E-state index contributed by atoms with van der Waals surface area (Å²) in [7, 11) is 1.01. The van der Waals surface area contributed by atoms with Crippen LogP contribution in [0.1, 0.15) is 35.8 Å². The Bertz CT molecular complexity index is 1140. The molecule has 2 heterocycles. The molecule has 0 bridgehead atoms. The van der Waals surface area contributed by atoms with E-state index in [2.05, 4.69) is 5.32 Å². The van der Waals surface area contributed by atoms with Gasteiger partial charge in [-0.25, -0.2) is 4.39 Å². The molecule has 3 rings (SSSR count). The van der Waals surface area contributed by atoms with Crippen molar-refractivity contribution in [1.82, 2.24) is 0 Å². The maximum absolute atomic E-state index is 14.4. The van der Waals surface area contributed by atoms with Crippen molar-refractivity contribution in [1.29, 1.82) is 0 Å². The molecule has 4 atom stereocenters. The largest absolute Gasteiger partial charge is 0.493 e. The topological polar surface area (TPSA) is 115 Å². The lowest BCUT2D eigenvalue weighted by Gasteiger charge is -2.32. The number of carbonyl (C=O) groups is 2. The number of amides is 2. The number of nitrogens with zero attached hydrogens (tertiary/aromatic N) is 1. The number of methoxy groups -OCH3 is 1. The molecule has 0 aliphatic carbocycles. The van der Waals surface area contributed by atoms with Gasteiger partial charge in [0.15, 0.2) is 17.2 Å². The molecule has 1 fully saturated rings. The van der Waals surface area contributed by atoms with Crippen molar-refractivity contribution in [2.45, 2.75) is 37.6 Å². The first-order valence-corrected chi connectivity index (χ1v) is 9.85. The maximum Gasteiger partial charge on any atom is 0.417 e. The molecule has 1 aliphatic heterocycles. The fourth-order valence-electron chi connectivity index (χ4n) is 4.01. The summed E-state index contributed by atoms with van der Waals surface area (Å²) < 4.78 is 80.5. The molecular weight excluding hydrogens is 469 g/mol. The number of anilines is 1. The highest BCUT2D eigenvalue weighted by Crippen LogP contribution is 2.54. The molecule has 0 saturated carbocycles. The van der Waals surface area contributed by atoms with Crippen molar-refractivity contribution in [3.05, 3.63) is 53.4 Å². The third-order valence-electron chi connectivity index (χ3n) is 6.02. The second kappa shape index (κ2) is 8.70. The van der Waals surface area contributed by atoms with E-state index >= 15 is 0 Å². The number of benzene rings is 1. The van der Waals surface area contributed by atoms with Gasteiger partial charge in [-0.2, -0.15) is 17.6 Å². The van der Waals surface area contributed by atoms with E-state index in [0.29, 0.717) is 10.8 Å². The van der Waals surface area contributed by atoms with Gasteiger partial charge in [-0.05, 0) is 13.0 Å². The average Bonchev–Trinajstić information content (AvgIpc) is 3.03. The fraction of sp³-hybridized carbons (Fsp3) is 0.381. The Morgan fingerprint density at radius 3 is 2.47 bits per heavy atom. The highest BCUT2D eigenvalue weighted by atomic mass is 19.4. The summed E-state index contributed by atoms with van der Waals surface area (Å²) in [5, 5.41) is 11.9. The van der Waals surface area contributed by atoms with Crippen molar-refractivity contribution in [2.24, 2.45) is 11.7 Å². The molecule has 2 aromatic rings. The Labute approximate surface area is 190 Å². The third-order valence-corrected chi connectivity index (χ3v) is 6.02. The Kier molecular flexibility index (Phi) is 6.44. The Morgan fingerprint density at radius 2 is 1.91 bits per heavy atom. The predicted molar refractivity (Wildman–Crippen MR) is 105 cm³/mol. The minimum absolute atomic E-state index is 0.0861. The molecule has 2 amide bonds. The van der Waals surface area contributed by atoms with Gasteiger partial charge in [0.2, 0.25) is 12.0 Å². The summed E-state index contributed by atoms with van der Waals surface area (Å²) in [6.07, 6.45) is -5.76. The molecule has 4 N–H and O–H groups in total. The summed E-state index contributed by atoms with van der Waals surface area (Å²) in [5.41, 5.74) is 1.61. The predicted octanol–water partition coefficient (Wildman–Crippen LogP) is 2.68. The highest BCUT2D eigenvalue weighted by molar-refractivity contribution is 5.97. The number of pyridine rings is 1. The van der Waals surface area contributed by atoms with Crippen LogP contribution in [-0.4, -0.2) is 42.0 Å². The summed E-state index contributed by atoms with van der Waals surface area (Å²) in [5.74, 6) is -8.30. The lowest BCUT2D eigenvalue weighted by molar-refractivity contribution is -0.905. The molecule has 34 heavy (non-hydrogen) atoms. The molecular formula is C21H21F5N3O5+. The van der Waals surface area contributed by atoms with E-state index in [0.717, 1.165) is 38.4 Å². The van der Waals surface area contributed by atoms with Gasteiger partial charge in [0, 0.05) is 34.3 Å². The molecule has 1 aromatic heterocycles. The number of nitrogens with two attached hydrogens (primary N) is 1. The Balaban J connectivity index is 2.08. The number of aromatic nitrogens is 1. The molecule has 0 spiro atoms. The number of carbonyl (C=O) groups excluding carboxylic acids is 2. The molecule has 0 radical (unpaired) electrons. The van der Waals surface area contributed by atoms with Crippen LogP contribution in [0.3, 0.4) is 0 Å². The number of hydrogen-bond acceptors (Lipinski definition) is 5. The molecule has 13 heteroatoms. The zero-order valence-corrected chi connectivity index (χ0v) is 18.1. The molecule has 1 aliphatic rings. The van der Waals surface area contributed by atoms with Crippen LogP contribution in [0.5, 0.6) is 5.75 Å². The second-order valence-corrected chi connectivity index (χ2v) is 7.94. The molecule has 1 saturated heterocycles. The minimum Gasteiger partial charge on any atom is -0.493 e. The zero-order chi connectivity index (χ0) is 25.6. The lowest BCUT2D eigenvalue weighted by atomic mass is 9.77. The third kappa shape index (κ3) is 4.11. The van der Waals surface area contributed by atoms with Crippen LogP contribution >= 0.6 is 0 Å². The van der Waals surface area contributed by atoms with E-state index in [9.17, 15) is 36.7 Å². The van der Waals surface area contributed by atoms with E-state index in [-0.39, 0.29) is 11.3 Å². The van der Waals surface area contributed by atoms with Crippen LogP contribution in [0.4, 0.5) is 27.6 Å². The Morgan fingerprint density at radius 1 is 1.26 bits per heavy atom. The number of rotatable bonds is 5.